The first-order valence-electron chi connectivity index (χ1n) is 6.63. The molecule has 0 fully saturated rings. The van der Waals surface area contributed by atoms with Crippen molar-refractivity contribution in [1.29, 1.82) is 0 Å². The molecule has 0 spiro atoms. The van der Waals surface area contributed by atoms with Gasteiger partial charge in [-0.3, -0.25) is 9.59 Å². The van der Waals surface area contributed by atoms with Crippen LogP contribution in [0.3, 0.4) is 0 Å². The second kappa shape index (κ2) is 4.51. The number of hydrogen-bond donors (Lipinski definition) is 0. The molecule has 2 aliphatic heterocycles. The highest BCUT2D eigenvalue weighted by Gasteiger charge is 2.51. The van der Waals surface area contributed by atoms with Crippen LogP contribution >= 0.6 is 0 Å². The summed E-state index contributed by atoms with van der Waals surface area (Å²) in [6.45, 7) is 1.97. The summed E-state index contributed by atoms with van der Waals surface area (Å²) in [7, 11) is 2.70. The third-order valence-electron chi connectivity index (χ3n) is 4.26. The van der Waals surface area contributed by atoms with Gasteiger partial charge in [-0.15, -0.1) is 0 Å². The lowest BCUT2D eigenvalue weighted by Crippen LogP contribution is -2.30. The molecule has 3 atom stereocenters. The van der Waals surface area contributed by atoms with E-state index in [0.717, 1.165) is 23.4 Å². The highest BCUT2D eigenvalue weighted by atomic mass is 16.5. The zero-order valence-corrected chi connectivity index (χ0v) is 11.8. The number of esters is 2. The molecule has 0 bridgehead atoms. The minimum atomic E-state index is -0.589. The van der Waals surface area contributed by atoms with Crippen molar-refractivity contribution >= 4 is 11.9 Å². The average molecular weight is 275 g/mol. The fraction of sp³-hybridized carbons (Fsp3) is 0.467. The van der Waals surface area contributed by atoms with Crippen LogP contribution in [0.25, 0.3) is 0 Å². The maximum absolute atomic E-state index is 12.2. The van der Waals surface area contributed by atoms with E-state index >= 15 is 0 Å². The van der Waals surface area contributed by atoms with Crippen molar-refractivity contribution < 1.29 is 19.1 Å². The van der Waals surface area contributed by atoms with Crippen LogP contribution in [0.2, 0.25) is 0 Å². The Balaban J connectivity index is 2.18. The highest BCUT2D eigenvalue weighted by molar-refractivity contribution is 5.88. The number of aryl methyl sites for hydroxylation is 1. The van der Waals surface area contributed by atoms with Gasteiger partial charge in [-0.25, -0.2) is 0 Å². The average Bonchev–Trinajstić information content (AvgIpc) is 2.98. The highest BCUT2D eigenvalue weighted by Crippen LogP contribution is 2.48. The van der Waals surface area contributed by atoms with E-state index in [4.69, 9.17) is 9.47 Å². The number of nitrogens with zero attached hydrogens (tertiary/aromatic N) is 1. The summed E-state index contributed by atoms with van der Waals surface area (Å²) in [6.07, 6.45) is 4.85. The molecule has 20 heavy (non-hydrogen) atoms. The first-order chi connectivity index (χ1) is 9.60. The smallest absolute Gasteiger partial charge is 0.315 e. The summed E-state index contributed by atoms with van der Waals surface area (Å²) in [6, 6.07) is 1.92. The number of ether oxygens (including phenoxy) is 2. The lowest BCUT2D eigenvalue weighted by atomic mass is 9.85. The number of methoxy groups -OCH3 is 2. The first-order valence-corrected chi connectivity index (χ1v) is 6.63. The molecule has 106 valence electrons. The predicted octanol–water partition coefficient (Wildman–Crippen LogP) is 1.51. The maximum atomic E-state index is 12.2. The molecule has 2 aliphatic rings. The normalized spacial score (nSPS) is 26.2. The van der Waals surface area contributed by atoms with Gasteiger partial charge in [-0.05, 0) is 18.6 Å². The molecular formula is C15H17NO4. The van der Waals surface area contributed by atoms with Crippen molar-refractivity contribution in [3.8, 4) is 0 Å². The van der Waals surface area contributed by atoms with Crippen LogP contribution in [0.1, 0.15) is 28.9 Å². The van der Waals surface area contributed by atoms with Crippen LogP contribution in [-0.4, -0.2) is 30.7 Å². The molecule has 0 saturated heterocycles. The minimum Gasteiger partial charge on any atom is -0.469 e. The quantitative estimate of drug-likeness (QED) is 0.606. The Morgan fingerprint density at radius 3 is 2.60 bits per heavy atom. The van der Waals surface area contributed by atoms with Gasteiger partial charge in [-0.1, -0.05) is 12.2 Å². The fourth-order valence-electron chi connectivity index (χ4n) is 3.50. The van der Waals surface area contributed by atoms with E-state index in [2.05, 4.69) is 10.6 Å². The van der Waals surface area contributed by atoms with Crippen molar-refractivity contribution in [3.63, 3.8) is 0 Å². The fourth-order valence-corrected chi connectivity index (χ4v) is 3.50. The predicted molar refractivity (Wildman–Crippen MR) is 71.3 cm³/mol. The Kier molecular flexibility index (Phi) is 2.92. The Hall–Kier alpha value is -2.04. The Labute approximate surface area is 117 Å². The summed E-state index contributed by atoms with van der Waals surface area (Å²) in [4.78, 5) is 24.3. The first kappa shape index (κ1) is 13.0. The van der Waals surface area contributed by atoms with Crippen LogP contribution in [0, 0.1) is 12.8 Å². The van der Waals surface area contributed by atoms with Gasteiger partial charge < -0.3 is 14.0 Å². The molecule has 0 aromatic carbocycles. The minimum absolute atomic E-state index is 0.154. The Morgan fingerprint density at radius 2 is 1.95 bits per heavy atom. The number of carbonyl (C=O) groups excluding carboxylic acids is 2. The topological polar surface area (TPSA) is 57.5 Å². The van der Waals surface area contributed by atoms with E-state index in [1.54, 1.807) is 0 Å². The van der Waals surface area contributed by atoms with Gasteiger partial charge >= 0.3 is 11.9 Å². The zero-order chi connectivity index (χ0) is 14.4. The molecule has 0 amide bonds. The molecule has 0 aliphatic carbocycles. The summed E-state index contributed by atoms with van der Waals surface area (Å²) >= 11 is 0. The largest absolute Gasteiger partial charge is 0.469 e. The molecular weight excluding hydrogens is 258 g/mol. The zero-order valence-electron chi connectivity index (χ0n) is 11.8. The molecule has 0 saturated carbocycles. The van der Waals surface area contributed by atoms with Crippen molar-refractivity contribution in [3.05, 3.63) is 35.2 Å². The molecule has 1 aromatic rings. The van der Waals surface area contributed by atoms with Crippen molar-refractivity contribution in [1.82, 2.24) is 4.57 Å². The van der Waals surface area contributed by atoms with Gasteiger partial charge in [0.25, 0.3) is 0 Å². The number of aromatic nitrogens is 1. The molecule has 0 radical (unpaired) electrons. The second-order valence-electron chi connectivity index (χ2n) is 5.25. The van der Waals surface area contributed by atoms with Crippen molar-refractivity contribution in [2.45, 2.75) is 25.3 Å². The van der Waals surface area contributed by atoms with E-state index in [-0.39, 0.29) is 18.0 Å². The summed E-state index contributed by atoms with van der Waals surface area (Å²) in [5, 5.41) is 0. The van der Waals surface area contributed by atoms with Gasteiger partial charge in [-0.2, -0.15) is 0 Å². The third kappa shape index (κ3) is 1.55. The summed E-state index contributed by atoms with van der Waals surface area (Å²) < 4.78 is 11.9. The molecule has 0 N–H and O–H groups in total. The van der Waals surface area contributed by atoms with Crippen LogP contribution in [-0.2, 0) is 25.5 Å². The lowest BCUT2D eigenvalue weighted by Gasteiger charge is -2.23. The van der Waals surface area contributed by atoms with Gasteiger partial charge in [0.15, 0.2) is 0 Å². The third-order valence-corrected chi connectivity index (χ3v) is 4.26. The van der Waals surface area contributed by atoms with Crippen LogP contribution < -0.4 is 0 Å². The Morgan fingerprint density at radius 1 is 1.25 bits per heavy atom. The van der Waals surface area contributed by atoms with Crippen molar-refractivity contribution in [2.24, 2.45) is 5.92 Å². The SMILES string of the molecule is COC(=O)[C@@H]1[C@@H](C(=O)OC)c2c(C)cc3n2[C@H]1C=CC3. The Bertz CT molecular complexity index is 614. The van der Waals surface area contributed by atoms with Gasteiger partial charge in [0, 0.05) is 17.8 Å². The monoisotopic (exact) mass is 275 g/mol. The van der Waals surface area contributed by atoms with Crippen LogP contribution in [0.15, 0.2) is 18.2 Å². The molecule has 5 nitrogen and oxygen atoms in total. The standard InChI is InChI=1S/C15H17NO4/c1-8-7-9-5-4-6-10-11(14(17)19-2)12(15(18)20-3)13(8)16(9)10/h4,6-7,10-12H,5H2,1-3H3/t10-,11-,12+/m0/s1. The van der Waals surface area contributed by atoms with E-state index < -0.39 is 11.8 Å². The van der Waals surface area contributed by atoms with Crippen LogP contribution in [0.5, 0.6) is 0 Å². The van der Waals surface area contributed by atoms with Gasteiger partial charge in [0.1, 0.15) is 5.92 Å². The summed E-state index contributed by atoms with van der Waals surface area (Å²) in [5.41, 5.74) is 3.04. The lowest BCUT2D eigenvalue weighted by molar-refractivity contribution is -0.154. The number of rotatable bonds is 2. The van der Waals surface area contributed by atoms with Crippen LogP contribution in [0.4, 0.5) is 0 Å². The van der Waals surface area contributed by atoms with E-state index in [9.17, 15) is 9.59 Å². The molecule has 5 heteroatoms. The second-order valence-corrected chi connectivity index (χ2v) is 5.25. The summed E-state index contributed by atoms with van der Waals surface area (Å²) in [5.74, 6) is -1.88. The molecule has 3 heterocycles. The number of hydrogen-bond acceptors (Lipinski definition) is 4. The van der Waals surface area contributed by atoms with Gasteiger partial charge in [0.2, 0.25) is 0 Å². The van der Waals surface area contributed by atoms with Gasteiger partial charge in [0.05, 0.1) is 26.2 Å². The van der Waals surface area contributed by atoms with E-state index in [0.29, 0.717) is 0 Å². The molecule has 1 aromatic heterocycles. The molecule has 3 rings (SSSR count). The van der Waals surface area contributed by atoms with Crippen molar-refractivity contribution in [2.75, 3.05) is 14.2 Å². The number of allylic oxidation sites excluding steroid dienone is 2. The van der Waals surface area contributed by atoms with E-state index in [1.165, 1.54) is 14.2 Å². The van der Waals surface area contributed by atoms with E-state index in [1.807, 2.05) is 19.1 Å². The molecule has 0 unspecified atom stereocenters. The maximum Gasteiger partial charge on any atom is 0.315 e. The number of carbonyl (C=O) groups is 2.